The Morgan fingerprint density at radius 2 is 2.00 bits per heavy atom. The zero-order chi connectivity index (χ0) is 18.9. The van der Waals surface area contributed by atoms with Crippen LogP contribution in [-0.2, 0) is 19.7 Å². The average Bonchev–Trinajstić information content (AvgIpc) is 2.97. The third-order valence-corrected chi connectivity index (χ3v) is 7.76. The van der Waals surface area contributed by atoms with Crippen LogP contribution in [-0.4, -0.2) is 55.5 Å². The van der Waals surface area contributed by atoms with Gasteiger partial charge in [-0.25, -0.2) is 0 Å². The summed E-state index contributed by atoms with van der Waals surface area (Å²) < 4.78 is 6.23. The molecule has 5 nitrogen and oxygen atoms in total. The van der Waals surface area contributed by atoms with E-state index in [9.17, 15) is 9.59 Å². The number of amides is 1. The Balaban J connectivity index is 1.75. The minimum atomic E-state index is -0.587. The van der Waals surface area contributed by atoms with Crippen LogP contribution in [0.2, 0.25) is 0 Å². The number of ketones is 1. The lowest BCUT2D eigenvalue weighted by Gasteiger charge is -2.53. The van der Waals surface area contributed by atoms with E-state index < -0.39 is 5.41 Å². The second-order valence-electron chi connectivity index (χ2n) is 8.99. The van der Waals surface area contributed by atoms with Gasteiger partial charge in [0.1, 0.15) is 5.78 Å². The minimum Gasteiger partial charge on any atom is -0.378 e. The van der Waals surface area contributed by atoms with Gasteiger partial charge in [-0.1, -0.05) is 18.2 Å². The molecular weight excluding hydrogens is 340 g/mol. The summed E-state index contributed by atoms with van der Waals surface area (Å²) in [6.07, 6.45) is 1.55. The number of hydrogen-bond donors (Lipinski definition) is 0. The van der Waals surface area contributed by atoms with E-state index in [1.54, 1.807) is 6.92 Å². The third-order valence-electron chi connectivity index (χ3n) is 7.76. The van der Waals surface area contributed by atoms with Gasteiger partial charge in [0.15, 0.2) is 0 Å². The van der Waals surface area contributed by atoms with Crippen LogP contribution in [0.15, 0.2) is 24.3 Å². The molecule has 3 aliphatic heterocycles. The number of rotatable bonds is 0. The summed E-state index contributed by atoms with van der Waals surface area (Å²) in [6.45, 7) is 6.25. The first kappa shape index (κ1) is 17.4. The molecule has 2 saturated heterocycles. The summed E-state index contributed by atoms with van der Waals surface area (Å²) in [5.74, 6) is 1.21. The zero-order valence-corrected chi connectivity index (χ0v) is 16.4. The second kappa shape index (κ2) is 5.89. The predicted octanol–water partition coefficient (Wildman–Crippen LogP) is 2.24. The number of carbonyl (C=O) groups is 2. The topological polar surface area (TPSA) is 49.9 Å². The highest BCUT2D eigenvalue weighted by atomic mass is 16.5. The maximum Gasteiger partial charge on any atom is 0.224 e. The lowest BCUT2D eigenvalue weighted by molar-refractivity contribution is -0.146. The predicted molar refractivity (Wildman–Crippen MR) is 103 cm³/mol. The third kappa shape index (κ3) is 2.18. The fourth-order valence-corrected chi connectivity index (χ4v) is 6.55. The first-order valence-corrected chi connectivity index (χ1v) is 10.2. The molecule has 144 valence electrons. The van der Waals surface area contributed by atoms with Crippen molar-refractivity contribution >= 4 is 17.4 Å². The molecular formula is C22H28N2O3. The molecule has 0 N–H and O–H groups in total. The van der Waals surface area contributed by atoms with Gasteiger partial charge in [-0.2, -0.15) is 0 Å². The van der Waals surface area contributed by atoms with Crippen LogP contribution in [0.3, 0.4) is 0 Å². The monoisotopic (exact) mass is 368 g/mol. The van der Waals surface area contributed by atoms with Crippen molar-refractivity contribution in [3.05, 3.63) is 29.8 Å². The van der Waals surface area contributed by atoms with Gasteiger partial charge in [-0.15, -0.1) is 0 Å². The highest BCUT2D eigenvalue weighted by molar-refractivity contribution is 6.04. The fraction of sp³-hybridized carbons (Fsp3) is 0.636. The summed E-state index contributed by atoms with van der Waals surface area (Å²) in [5.41, 5.74) is 1.40. The Labute approximate surface area is 160 Å². The van der Waals surface area contributed by atoms with Gasteiger partial charge < -0.3 is 14.5 Å². The summed E-state index contributed by atoms with van der Waals surface area (Å²) in [4.78, 5) is 30.8. The number of nitrogens with zero attached hydrogens (tertiary/aromatic N) is 2. The van der Waals surface area contributed by atoms with E-state index in [0.29, 0.717) is 24.7 Å². The van der Waals surface area contributed by atoms with Crippen LogP contribution in [0.5, 0.6) is 0 Å². The van der Waals surface area contributed by atoms with Crippen molar-refractivity contribution in [1.29, 1.82) is 0 Å². The number of carbonyl (C=O) groups excluding carboxylic acids is 2. The van der Waals surface area contributed by atoms with Crippen molar-refractivity contribution in [1.82, 2.24) is 4.90 Å². The zero-order valence-electron chi connectivity index (χ0n) is 16.4. The summed E-state index contributed by atoms with van der Waals surface area (Å²) in [7, 11) is 2.15. The standard InChI is InChI=1S/C22H28N2O3/c1-13-16-11-23(3)9-8-22-18-6-4-5-7-19(18)24(14(2)25)21(22)17(12-27-13)15(16)10-20(22)26/h4-7,13,15-17,21H,8-12H2,1-3H3/t13-,15+,16+,17-,21+,22-/m1/s1. The number of hydrogen-bond acceptors (Lipinski definition) is 4. The van der Waals surface area contributed by atoms with Gasteiger partial charge in [-0.05, 0) is 44.5 Å². The maximum absolute atomic E-state index is 13.8. The van der Waals surface area contributed by atoms with Gasteiger partial charge in [0.05, 0.1) is 24.2 Å². The largest absolute Gasteiger partial charge is 0.378 e. The van der Waals surface area contributed by atoms with Crippen LogP contribution in [0.25, 0.3) is 0 Å². The number of Topliss-reactive ketones (excluding diaryl/α,β-unsaturated/α-hetero) is 1. The van der Waals surface area contributed by atoms with Crippen LogP contribution in [0, 0.1) is 17.8 Å². The van der Waals surface area contributed by atoms with E-state index in [0.717, 1.165) is 30.8 Å². The number of fused-ring (bicyclic) bond motifs is 3. The lowest BCUT2D eigenvalue weighted by atomic mass is 9.55. The van der Waals surface area contributed by atoms with Crippen LogP contribution >= 0.6 is 0 Å². The molecule has 27 heavy (non-hydrogen) atoms. The Morgan fingerprint density at radius 3 is 2.78 bits per heavy atom. The fourth-order valence-electron chi connectivity index (χ4n) is 6.55. The summed E-state index contributed by atoms with van der Waals surface area (Å²) >= 11 is 0. The molecule has 1 spiro atoms. The SMILES string of the molecule is CC(=O)N1c2ccccc2[C@]23CCN(C)C[C@@H]4[C@H](CC2=O)[C@@H](CO[C@@H]4C)[C@H]13. The molecule has 5 rings (SSSR count). The molecule has 1 amide bonds. The van der Waals surface area contributed by atoms with Gasteiger partial charge >= 0.3 is 0 Å². The van der Waals surface area contributed by atoms with Crippen molar-refractivity contribution in [2.45, 2.75) is 44.2 Å². The van der Waals surface area contributed by atoms with E-state index in [1.807, 2.05) is 23.1 Å². The van der Waals surface area contributed by atoms with Crippen molar-refractivity contribution in [2.75, 3.05) is 31.6 Å². The Bertz CT molecular complexity index is 809. The summed E-state index contributed by atoms with van der Waals surface area (Å²) in [5, 5.41) is 0. The number of benzene rings is 1. The van der Waals surface area contributed by atoms with E-state index in [-0.39, 0.29) is 29.9 Å². The minimum absolute atomic E-state index is 0.0329. The molecule has 6 atom stereocenters. The van der Waals surface area contributed by atoms with Crippen LogP contribution < -0.4 is 4.90 Å². The number of anilines is 1. The van der Waals surface area contributed by atoms with Gasteiger partial charge in [0.2, 0.25) is 5.91 Å². The number of ether oxygens (including phenoxy) is 1. The lowest BCUT2D eigenvalue weighted by Crippen LogP contribution is -2.64. The van der Waals surface area contributed by atoms with Gasteiger partial charge in [0, 0.05) is 37.4 Å². The normalized spacial score (nSPS) is 40.8. The molecule has 0 aromatic heterocycles. The molecule has 1 saturated carbocycles. The molecule has 3 heterocycles. The molecule has 3 fully saturated rings. The number of para-hydroxylation sites is 1. The van der Waals surface area contributed by atoms with Crippen molar-refractivity contribution in [2.24, 2.45) is 17.8 Å². The smallest absolute Gasteiger partial charge is 0.224 e. The Kier molecular flexibility index (Phi) is 3.79. The molecule has 5 heteroatoms. The molecule has 2 bridgehead atoms. The second-order valence-corrected chi connectivity index (χ2v) is 8.99. The van der Waals surface area contributed by atoms with E-state index >= 15 is 0 Å². The van der Waals surface area contributed by atoms with Crippen molar-refractivity contribution < 1.29 is 14.3 Å². The van der Waals surface area contributed by atoms with E-state index in [2.05, 4.69) is 24.9 Å². The van der Waals surface area contributed by atoms with Crippen molar-refractivity contribution in [3.63, 3.8) is 0 Å². The molecule has 1 aromatic rings. The quantitative estimate of drug-likeness (QED) is 0.705. The highest BCUT2D eigenvalue weighted by Gasteiger charge is 2.65. The molecule has 1 aliphatic carbocycles. The molecule has 1 aromatic carbocycles. The Morgan fingerprint density at radius 1 is 1.22 bits per heavy atom. The average molecular weight is 368 g/mol. The molecule has 0 radical (unpaired) electrons. The summed E-state index contributed by atoms with van der Waals surface area (Å²) in [6, 6.07) is 7.96. The first-order chi connectivity index (χ1) is 12.9. The van der Waals surface area contributed by atoms with Crippen LogP contribution in [0.4, 0.5) is 5.69 Å². The van der Waals surface area contributed by atoms with Crippen molar-refractivity contribution in [3.8, 4) is 0 Å². The Hall–Kier alpha value is -1.72. The van der Waals surface area contributed by atoms with Gasteiger partial charge in [0.25, 0.3) is 0 Å². The maximum atomic E-state index is 13.8. The van der Waals surface area contributed by atoms with Gasteiger partial charge in [-0.3, -0.25) is 9.59 Å². The van der Waals surface area contributed by atoms with E-state index in [1.165, 1.54) is 0 Å². The van der Waals surface area contributed by atoms with Crippen LogP contribution in [0.1, 0.15) is 32.3 Å². The first-order valence-electron chi connectivity index (χ1n) is 10.2. The molecule has 0 unspecified atom stereocenters. The van der Waals surface area contributed by atoms with E-state index in [4.69, 9.17) is 4.74 Å². The molecule has 4 aliphatic rings. The highest BCUT2D eigenvalue weighted by Crippen LogP contribution is 2.58.